The molecule has 1 amide bonds. The summed E-state index contributed by atoms with van der Waals surface area (Å²) >= 11 is 0. The zero-order valence-corrected chi connectivity index (χ0v) is 15.0. The number of pyridine rings is 1. The Balaban J connectivity index is 1.43. The number of nitrogen functional groups attached to an aromatic ring is 1. The van der Waals surface area contributed by atoms with Gasteiger partial charge in [-0.1, -0.05) is 29.5 Å². The van der Waals surface area contributed by atoms with Gasteiger partial charge >= 0.3 is 0 Å². The monoisotopic (exact) mass is 370 g/mol. The van der Waals surface area contributed by atoms with Crippen LogP contribution in [-0.2, 0) is 6.54 Å². The Bertz CT molecular complexity index is 1090. The molecule has 0 bridgehead atoms. The third-order valence-corrected chi connectivity index (χ3v) is 4.27. The molecule has 0 aliphatic rings. The maximum absolute atomic E-state index is 12.4. The summed E-state index contributed by atoms with van der Waals surface area (Å²) in [6, 6.07) is 18.3. The average molecular weight is 370 g/mol. The smallest absolute Gasteiger partial charge is 0.255 e. The Kier molecular flexibility index (Phi) is 4.79. The number of nitrogens with zero attached hydrogens (tertiary/aromatic N) is 4. The summed E-state index contributed by atoms with van der Waals surface area (Å²) in [5.41, 5.74) is 10.3. The molecule has 138 valence electrons. The van der Waals surface area contributed by atoms with Gasteiger partial charge in [0, 0.05) is 23.5 Å². The fourth-order valence-electron chi connectivity index (χ4n) is 2.78. The van der Waals surface area contributed by atoms with Crippen molar-refractivity contribution in [2.24, 2.45) is 0 Å². The van der Waals surface area contributed by atoms with Crippen LogP contribution in [0.25, 0.3) is 11.3 Å². The lowest BCUT2D eigenvalue weighted by atomic mass is 10.1. The largest absolute Gasteiger partial charge is 0.397 e. The number of amides is 1. The van der Waals surface area contributed by atoms with Crippen molar-refractivity contribution in [1.29, 1.82) is 0 Å². The lowest BCUT2D eigenvalue weighted by Gasteiger charge is -2.08. The molecule has 0 aliphatic carbocycles. The van der Waals surface area contributed by atoms with Gasteiger partial charge in [-0.3, -0.25) is 9.78 Å². The zero-order chi connectivity index (χ0) is 19.3. The molecule has 2 aromatic heterocycles. The molecule has 0 unspecified atom stereocenters. The van der Waals surface area contributed by atoms with Crippen LogP contribution in [0.2, 0.25) is 0 Å². The molecule has 0 saturated heterocycles. The second-order valence-electron chi connectivity index (χ2n) is 6.28. The van der Waals surface area contributed by atoms with Crippen LogP contribution < -0.4 is 11.1 Å². The minimum absolute atomic E-state index is 0.205. The highest BCUT2D eigenvalue weighted by molar-refractivity contribution is 6.05. The summed E-state index contributed by atoms with van der Waals surface area (Å²) in [7, 11) is 0. The summed E-state index contributed by atoms with van der Waals surface area (Å²) in [4.78, 5) is 16.5. The number of hydrogen-bond donors (Lipinski definition) is 2. The van der Waals surface area contributed by atoms with E-state index in [0.29, 0.717) is 23.5 Å². The van der Waals surface area contributed by atoms with E-state index in [-0.39, 0.29) is 5.91 Å². The molecule has 28 heavy (non-hydrogen) atoms. The highest BCUT2D eigenvalue weighted by atomic mass is 16.1. The van der Waals surface area contributed by atoms with Crippen LogP contribution in [0.4, 0.5) is 11.4 Å². The molecule has 2 heterocycles. The first kappa shape index (κ1) is 17.4. The van der Waals surface area contributed by atoms with Gasteiger partial charge in [0.15, 0.2) is 0 Å². The first-order valence-electron chi connectivity index (χ1n) is 8.74. The Hall–Kier alpha value is -4.00. The second-order valence-corrected chi connectivity index (χ2v) is 6.28. The highest BCUT2D eigenvalue weighted by Gasteiger charge is 2.09. The van der Waals surface area contributed by atoms with Crippen molar-refractivity contribution in [1.82, 2.24) is 20.0 Å². The number of hydrogen-bond acceptors (Lipinski definition) is 5. The third-order valence-electron chi connectivity index (χ3n) is 4.27. The van der Waals surface area contributed by atoms with E-state index in [1.54, 1.807) is 41.3 Å². The van der Waals surface area contributed by atoms with Gasteiger partial charge in [-0.15, -0.1) is 5.10 Å². The SMILES string of the molecule is Nc1ccccc1NC(=O)c1ccc(Cn2cc(-c3cccnc3)nn2)cc1. The maximum Gasteiger partial charge on any atom is 0.255 e. The van der Waals surface area contributed by atoms with E-state index < -0.39 is 0 Å². The van der Waals surface area contributed by atoms with Crippen LogP contribution in [0.3, 0.4) is 0 Å². The Morgan fingerprint density at radius 3 is 2.61 bits per heavy atom. The van der Waals surface area contributed by atoms with Crippen molar-refractivity contribution >= 4 is 17.3 Å². The standard InChI is InChI=1S/C21H18N6O/c22-18-5-1-2-6-19(18)24-21(28)16-9-7-15(8-10-16)13-27-14-20(25-26-27)17-4-3-11-23-12-17/h1-12,14H,13,22H2,(H,24,28). The Morgan fingerprint density at radius 1 is 1.04 bits per heavy atom. The number of anilines is 2. The minimum Gasteiger partial charge on any atom is -0.397 e. The molecule has 4 aromatic rings. The predicted molar refractivity (Wildman–Crippen MR) is 108 cm³/mol. The van der Waals surface area contributed by atoms with E-state index >= 15 is 0 Å². The molecule has 0 fully saturated rings. The summed E-state index contributed by atoms with van der Waals surface area (Å²) in [6.45, 7) is 0.556. The molecule has 2 aromatic carbocycles. The second kappa shape index (κ2) is 7.71. The van der Waals surface area contributed by atoms with E-state index in [0.717, 1.165) is 16.8 Å². The molecule has 0 atom stereocenters. The number of aromatic nitrogens is 4. The zero-order valence-electron chi connectivity index (χ0n) is 15.0. The summed E-state index contributed by atoms with van der Waals surface area (Å²) in [6.07, 6.45) is 5.34. The highest BCUT2D eigenvalue weighted by Crippen LogP contribution is 2.18. The molecule has 0 spiro atoms. The van der Waals surface area contributed by atoms with Crippen molar-refractivity contribution in [2.75, 3.05) is 11.1 Å². The van der Waals surface area contributed by atoms with Gasteiger partial charge in [-0.05, 0) is 42.0 Å². The molecule has 0 aliphatic heterocycles. The number of benzene rings is 2. The van der Waals surface area contributed by atoms with Gasteiger partial charge in [0.25, 0.3) is 5.91 Å². The molecular weight excluding hydrogens is 352 g/mol. The molecule has 7 nitrogen and oxygen atoms in total. The quantitative estimate of drug-likeness (QED) is 0.526. The number of nitrogens with two attached hydrogens (primary N) is 1. The molecule has 4 rings (SSSR count). The van der Waals surface area contributed by atoms with Crippen molar-refractivity contribution < 1.29 is 4.79 Å². The Labute approximate surface area is 161 Å². The van der Waals surface area contributed by atoms with Gasteiger partial charge in [-0.2, -0.15) is 0 Å². The van der Waals surface area contributed by atoms with E-state index in [1.807, 2.05) is 42.6 Å². The molecule has 7 heteroatoms. The van der Waals surface area contributed by atoms with Crippen LogP contribution in [0, 0.1) is 0 Å². The number of carbonyl (C=O) groups is 1. The number of rotatable bonds is 5. The molecule has 3 N–H and O–H groups in total. The van der Waals surface area contributed by atoms with Crippen LogP contribution in [0.15, 0.2) is 79.3 Å². The predicted octanol–water partition coefficient (Wildman–Crippen LogP) is 3.22. The van der Waals surface area contributed by atoms with E-state index in [2.05, 4.69) is 20.6 Å². The third kappa shape index (κ3) is 3.88. The molecular formula is C21H18N6O. The Morgan fingerprint density at radius 2 is 1.86 bits per heavy atom. The normalized spacial score (nSPS) is 10.6. The van der Waals surface area contributed by atoms with Crippen molar-refractivity contribution in [3.05, 3.63) is 90.4 Å². The molecule has 0 saturated carbocycles. The van der Waals surface area contributed by atoms with E-state index in [9.17, 15) is 4.79 Å². The first-order chi connectivity index (χ1) is 13.7. The van der Waals surface area contributed by atoms with Crippen LogP contribution in [0.5, 0.6) is 0 Å². The van der Waals surface area contributed by atoms with E-state index in [1.165, 1.54) is 0 Å². The van der Waals surface area contributed by atoms with Gasteiger partial charge in [-0.25, -0.2) is 4.68 Å². The van der Waals surface area contributed by atoms with Gasteiger partial charge in [0.2, 0.25) is 0 Å². The molecule has 0 radical (unpaired) electrons. The van der Waals surface area contributed by atoms with Gasteiger partial charge < -0.3 is 11.1 Å². The van der Waals surface area contributed by atoms with Gasteiger partial charge in [0.05, 0.1) is 24.1 Å². The lowest BCUT2D eigenvalue weighted by Crippen LogP contribution is -2.13. The minimum atomic E-state index is -0.205. The fraction of sp³-hybridized carbons (Fsp3) is 0.0476. The summed E-state index contributed by atoms with van der Waals surface area (Å²) in [5, 5.41) is 11.2. The number of carbonyl (C=O) groups excluding carboxylic acids is 1. The van der Waals surface area contributed by atoms with Crippen molar-refractivity contribution in [2.45, 2.75) is 6.54 Å². The maximum atomic E-state index is 12.4. The number of para-hydroxylation sites is 2. The summed E-state index contributed by atoms with van der Waals surface area (Å²) in [5.74, 6) is -0.205. The van der Waals surface area contributed by atoms with Crippen LogP contribution in [0.1, 0.15) is 15.9 Å². The van der Waals surface area contributed by atoms with Crippen molar-refractivity contribution in [3.8, 4) is 11.3 Å². The van der Waals surface area contributed by atoms with E-state index in [4.69, 9.17) is 5.73 Å². The van der Waals surface area contributed by atoms with Gasteiger partial charge in [0.1, 0.15) is 5.69 Å². The average Bonchev–Trinajstić information content (AvgIpc) is 3.19. The topological polar surface area (TPSA) is 98.7 Å². The van der Waals surface area contributed by atoms with Crippen molar-refractivity contribution in [3.63, 3.8) is 0 Å². The first-order valence-corrected chi connectivity index (χ1v) is 8.74. The summed E-state index contributed by atoms with van der Waals surface area (Å²) < 4.78 is 1.75. The van der Waals surface area contributed by atoms with Crippen LogP contribution in [-0.4, -0.2) is 25.9 Å². The number of nitrogens with one attached hydrogen (secondary N) is 1. The van der Waals surface area contributed by atoms with Crippen LogP contribution >= 0.6 is 0 Å². The fourth-order valence-corrected chi connectivity index (χ4v) is 2.78. The lowest BCUT2D eigenvalue weighted by molar-refractivity contribution is 0.102.